The van der Waals surface area contributed by atoms with Gasteiger partial charge in [0, 0.05) is 14.0 Å². The third-order valence-electron chi connectivity index (χ3n) is 3.88. The van der Waals surface area contributed by atoms with Gasteiger partial charge in [-0.3, -0.25) is 19.3 Å². The van der Waals surface area contributed by atoms with Gasteiger partial charge in [0.25, 0.3) is 0 Å². The fraction of sp³-hybridized carbons (Fsp3) is 0.583. The Labute approximate surface area is 104 Å². The van der Waals surface area contributed by atoms with Crippen LogP contribution in [0.25, 0.3) is 0 Å². The fourth-order valence-electron chi connectivity index (χ4n) is 3.03. The second kappa shape index (κ2) is 3.41. The average molecular weight is 251 g/mol. The van der Waals surface area contributed by atoms with E-state index in [0.717, 1.165) is 4.90 Å². The largest absolute Gasteiger partial charge is 0.462 e. The van der Waals surface area contributed by atoms with Gasteiger partial charge in [-0.05, 0) is 6.08 Å². The topological polar surface area (TPSA) is 72.9 Å². The summed E-state index contributed by atoms with van der Waals surface area (Å²) in [6.07, 6.45) is 3.13. The zero-order chi connectivity index (χ0) is 13.1. The van der Waals surface area contributed by atoms with Crippen molar-refractivity contribution in [2.45, 2.75) is 18.6 Å². The quantitative estimate of drug-likeness (QED) is 0.375. The zero-order valence-electron chi connectivity index (χ0n) is 10.1. The van der Waals surface area contributed by atoms with Gasteiger partial charge in [-0.2, -0.15) is 0 Å². The molecular weight excluding hydrogens is 238 g/mol. The number of fused-ring (bicyclic) bond motifs is 5. The monoisotopic (exact) mass is 251 g/mol. The van der Waals surface area contributed by atoms with Crippen LogP contribution in [0.1, 0.15) is 6.92 Å². The molecule has 6 nitrogen and oxygen atoms in total. The highest BCUT2D eigenvalue weighted by molar-refractivity contribution is 6.06. The maximum absolute atomic E-state index is 12.1. The SMILES string of the molecule is CC(=O)OCC12C=CC(O1)C1C(=O)N(C)C(=O)C12. The minimum Gasteiger partial charge on any atom is -0.462 e. The van der Waals surface area contributed by atoms with Crippen molar-refractivity contribution in [2.24, 2.45) is 11.8 Å². The number of esters is 1. The van der Waals surface area contributed by atoms with E-state index < -0.39 is 23.4 Å². The Morgan fingerprint density at radius 3 is 2.89 bits per heavy atom. The summed E-state index contributed by atoms with van der Waals surface area (Å²) < 4.78 is 10.7. The molecule has 0 saturated carbocycles. The molecule has 6 heteroatoms. The van der Waals surface area contributed by atoms with Crippen molar-refractivity contribution in [3.05, 3.63) is 12.2 Å². The molecule has 4 unspecified atom stereocenters. The Morgan fingerprint density at radius 2 is 2.22 bits per heavy atom. The molecule has 0 aromatic carbocycles. The van der Waals surface area contributed by atoms with Crippen LogP contribution >= 0.6 is 0 Å². The summed E-state index contributed by atoms with van der Waals surface area (Å²) >= 11 is 0. The van der Waals surface area contributed by atoms with Crippen LogP contribution < -0.4 is 0 Å². The molecule has 2 fully saturated rings. The van der Waals surface area contributed by atoms with Gasteiger partial charge in [0.2, 0.25) is 11.8 Å². The van der Waals surface area contributed by atoms with Gasteiger partial charge in [-0.1, -0.05) is 6.08 Å². The van der Waals surface area contributed by atoms with Crippen molar-refractivity contribution in [3.8, 4) is 0 Å². The van der Waals surface area contributed by atoms with E-state index >= 15 is 0 Å². The lowest BCUT2D eigenvalue weighted by Crippen LogP contribution is -2.43. The molecule has 18 heavy (non-hydrogen) atoms. The predicted octanol–water partition coefficient (Wildman–Crippen LogP) is -0.512. The van der Waals surface area contributed by atoms with Crippen molar-refractivity contribution in [2.75, 3.05) is 13.7 Å². The number of carbonyl (C=O) groups is 3. The van der Waals surface area contributed by atoms with Crippen LogP contribution in [0.3, 0.4) is 0 Å². The molecule has 2 amide bonds. The van der Waals surface area contributed by atoms with Gasteiger partial charge >= 0.3 is 5.97 Å². The van der Waals surface area contributed by atoms with Crippen molar-refractivity contribution in [1.82, 2.24) is 4.90 Å². The van der Waals surface area contributed by atoms with Crippen LogP contribution in [-0.2, 0) is 23.9 Å². The van der Waals surface area contributed by atoms with Crippen molar-refractivity contribution < 1.29 is 23.9 Å². The van der Waals surface area contributed by atoms with E-state index in [9.17, 15) is 14.4 Å². The van der Waals surface area contributed by atoms with E-state index in [2.05, 4.69) is 0 Å². The van der Waals surface area contributed by atoms with Gasteiger partial charge < -0.3 is 9.47 Å². The van der Waals surface area contributed by atoms with E-state index in [1.807, 2.05) is 0 Å². The third-order valence-corrected chi connectivity index (χ3v) is 3.88. The standard InChI is InChI=1S/C12H13NO5/c1-6(14)17-5-12-4-3-7(18-12)8-9(12)11(16)13(2)10(8)15/h3-4,7-9H,5H2,1-2H3. The number of hydrogen-bond acceptors (Lipinski definition) is 5. The molecule has 96 valence electrons. The average Bonchev–Trinajstić information content (AvgIpc) is 2.95. The Morgan fingerprint density at radius 1 is 1.50 bits per heavy atom. The number of carbonyl (C=O) groups excluding carboxylic acids is 3. The lowest BCUT2D eigenvalue weighted by atomic mass is 9.77. The molecule has 0 aromatic rings. The van der Waals surface area contributed by atoms with Gasteiger partial charge in [0.15, 0.2) is 0 Å². The summed E-state index contributed by atoms with van der Waals surface area (Å²) in [6, 6.07) is 0. The molecule has 3 heterocycles. The smallest absolute Gasteiger partial charge is 0.302 e. The molecule has 3 aliphatic rings. The molecule has 3 aliphatic heterocycles. The van der Waals surface area contributed by atoms with Crippen molar-refractivity contribution in [3.63, 3.8) is 0 Å². The lowest BCUT2D eigenvalue weighted by molar-refractivity contribution is -0.154. The van der Waals surface area contributed by atoms with Crippen LogP contribution in [0.4, 0.5) is 0 Å². The minimum absolute atomic E-state index is 0.0244. The third kappa shape index (κ3) is 1.23. The molecule has 0 spiro atoms. The number of likely N-dealkylation sites (tertiary alicyclic amines) is 1. The van der Waals surface area contributed by atoms with Crippen LogP contribution in [0.5, 0.6) is 0 Å². The van der Waals surface area contributed by atoms with E-state index in [-0.39, 0.29) is 24.5 Å². The Balaban J connectivity index is 1.93. The highest BCUT2D eigenvalue weighted by Crippen LogP contribution is 2.51. The number of rotatable bonds is 2. The molecule has 0 aliphatic carbocycles. The second-order valence-corrected chi connectivity index (χ2v) is 4.92. The molecule has 2 bridgehead atoms. The first-order valence-electron chi connectivity index (χ1n) is 5.78. The van der Waals surface area contributed by atoms with E-state index in [0.29, 0.717) is 0 Å². The summed E-state index contributed by atoms with van der Waals surface area (Å²) in [6.45, 7) is 1.27. The van der Waals surface area contributed by atoms with Crippen LogP contribution in [0, 0.1) is 11.8 Å². The highest BCUT2D eigenvalue weighted by atomic mass is 16.6. The van der Waals surface area contributed by atoms with Gasteiger partial charge in [-0.15, -0.1) is 0 Å². The van der Waals surface area contributed by atoms with E-state index in [4.69, 9.17) is 9.47 Å². The van der Waals surface area contributed by atoms with Crippen LogP contribution in [0.2, 0.25) is 0 Å². The summed E-state index contributed by atoms with van der Waals surface area (Å²) in [5.74, 6) is -1.95. The Bertz CT molecular complexity index is 485. The van der Waals surface area contributed by atoms with E-state index in [1.54, 1.807) is 12.2 Å². The first-order chi connectivity index (χ1) is 8.46. The number of ether oxygens (including phenoxy) is 2. The summed E-state index contributed by atoms with van der Waals surface area (Å²) in [5, 5.41) is 0. The fourth-order valence-corrected chi connectivity index (χ4v) is 3.03. The van der Waals surface area contributed by atoms with Gasteiger partial charge in [0.05, 0.1) is 17.9 Å². The number of nitrogens with zero attached hydrogens (tertiary/aromatic N) is 1. The molecule has 4 atom stereocenters. The van der Waals surface area contributed by atoms with Crippen LogP contribution in [-0.4, -0.2) is 48.0 Å². The molecule has 0 radical (unpaired) electrons. The molecule has 2 saturated heterocycles. The van der Waals surface area contributed by atoms with Gasteiger partial charge in [0.1, 0.15) is 12.2 Å². The highest BCUT2D eigenvalue weighted by Gasteiger charge is 2.67. The first-order valence-corrected chi connectivity index (χ1v) is 5.78. The lowest BCUT2D eigenvalue weighted by Gasteiger charge is -2.27. The number of amides is 2. The summed E-state index contributed by atoms with van der Waals surface area (Å²) in [7, 11) is 1.47. The van der Waals surface area contributed by atoms with Gasteiger partial charge in [-0.25, -0.2) is 0 Å². The normalized spacial score (nSPS) is 40.6. The predicted molar refractivity (Wildman–Crippen MR) is 58.1 cm³/mol. The number of hydrogen-bond donors (Lipinski definition) is 0. The molecular formula is C12H13NO5. The second-order valence-electron chi connectivity index (χ2n) is 4.92. The van der Waals surface area contributed by atoms with Crippen LogP contribution in [0.15, 0.2) is 12.2 Å². The maximum Gasteiger partial charge on any atom is 0.302 e. The zero-order valence-corrected chi connectivity index (χ0v) is 10.1. The number of imide groups is 1. The summed E-state index contributed by atoms with van der Waals surface area (Å²) in [5.41, 5.74) is -0.960. The summed E-state index contributed by atoms with van der Waals surface area (Å²) in [4.78, 5) is 36.1. The maximum atomic E-state index is 12.1. The first kappa shape index (κ1) is 11.4. The van der Waals surface area contributed by atoms with Crippen molar-refractivity contribution in [1.29, 1.82) is 0 Å². The van der Waals surface area contributed by atoms with Crippen molar-refractivity contribution >= 4 is 17.8 Å². The molecule has 0 aromatic heterocycles. The van der Waals surface area contributed by atoms with E-state index in [1.165, 1.54) is 14.0 Å². The molecule has 0 N–H and O–H groups in total. The Kier molecular flexibility index (Phi) is 2.16. The Hall–Kier alpha value is -1.69. The minimum atomic E-state index is -0.960. The molecule has 3 rings (SSSR count).